The molecule has 92 valence electrons. The summed E-state index contributed by atoms with van der Waals surface area (Å²) >= 11 is 0. The van der Waals surface area contributed by atoms with Crippen molar-refractivity contribution in [1.29, 1.82) is 0 Å². The summed E-state index contributed by atoms with van der Waals surface area (Å²) in [6, 6.07) is 5.26. The van der Waals surface area contributed by atoms with E-state index in [4.69, 9.17) is 5.73 Å². The third kappa shape index (κ3) is 2.89. The molecule has 0 saturated heterocycles. The lowest BCUT2D eigenvalue weighted by Gasteiger charge is -2.14. The quantitative estimate of drug-likeness (QED) is 0.865. The minimum absolute atomic E-state index is 0.352. The number of amidine groups is 1. The molecule has 1 heterocycles. The molecule has 6 heteroatoms. The summed E-state index contributed by atoms with van der Waals surface area (Å²) in [5, 5.41) is 5.69. The van der Waals surface area contributed by atoms with Crippen LogP contribution in [0.15, 0.2) is 29.4 Å². The van der Waals surface area contributed by atoms with Gasteiger partial charge in [-0.1, -0.05) is 12.1 Å². The van der Waals surface area contributed by atoms with Crippen molar-refractivity contribution < 1.29 is 13.2 Å². The van der Waals surface area contributed by atoms with Gasteiger partial charge in [0.25, 0.3) is 0 Å². The number of halogens is 3. The van der Waals surface area contributed by atoms with Crippen molar-refractivity contribution in [2.45, 2.75) is 19.1 Å². The maximum Gasteiger partial charge on any atom is 0.416 e. The van der Waals surface area contributed by atoms with Crippen molar-refractivity contribution >= 4 is 5.84 Å². The highest BCUT2D eigenvalue weighted by Crippen LogP contribution is 2.29. The zero-order chi connectivity index (χ0) is 12.5. The minimum atomic E-state index is -4.30. The third-order valence-corrected chi connectivity index (χ3v) is 2.52. The molecule has 2 N–H and O–H groups in total. The highest BCUT2D eigenvalue weighted by atomic mass is 19.4. The van der Waals surface area contributed by atoms with E-state index >= 15 is 0 Å². The number of benzene rings is 1. The molecule has 0 aliphatic carbocycles. The van der Waals surface area contributed by atoms with E-state index in [1.54, 1.807) is 11.1 Å². The Labute approximate surface area is 96.7 Å². The van der Waals surface area contributed by atoms with Gasteiger partial charge in [-0.15, -0.1) is 0 Å². The number of hydrogen-bond acceptors (Lipinski definition) is 3. The van der Waals surface area contributed by atoms with Gasteiger partial charge in [0.2, 0.25) is 0 Å². The van der Waals surface area contributed by atoms with Crippen molar-refractivity contribution in [3.8, 4) is 0 Å². The zero-order valence-corrected chi connectivity index (χ0v) is 9.04. The van der Waals surface area contributed by atoms with Gasteiger partial charge >= 0.3 is 6.18 Å². The van der Waals surface area contributed by atoms with Gasteiger partial charge in [0.1, 0.15) is 5.84 Å². The van der Waals surface area contributed by atoms with Crippen LogP contribution in [0.4, 0.5) is 13.2 Å². The summed E-state index contributed by atoms with van der Waals surface area (Å²) in [4.78, 5) is 0. The summed E-state index contributed by atoms with van der Waals surface area (Å²) in [5.74, 6) is 0.525. The Hall–Kier alpha value is -1.72. The van der Waals surface area contributed by atoms with Crippen molar-refractivity contribution in [2.24, 2.45) is 10.8 Å². The summed E-state index contributed by atoms with van der Waals surface area (Å²) in [5.41, 5.74) is 5.45. The fraction of sp³-hybridized carbons (Fsp3) is 0.364. The first-order valence-electron chi connectivity index (χ1n) is 5.19. The number of nitrogens with two attached hydrogens (primary N) is 1. The highest BCUT2D eigenvalue weighted by molar-refractivity contribution is 5.81. The van der Waals surface area contributed by atoms with Crippen LogP contribution >= 0.6 is 0 Å². The van der Waals surface area contributed by atoms with E-state index < -0.39 is 11.7 Å². The molecule has 17 heavy (non-hydrogen) atoms. The summed E-state index contributed by atoms with van der Waals surface area (Å²) in [6.07, 6.45) is -3.64. The molecule has 0 atom stereocenters. The van der Waals surface area contributed by atoms with Crippen molar-refractivity contribution in [3.63, 3.8) is 0 Å². The molecule has 1 aliphatic rings. The SMILES string of the molecule is NC1=NN(Cc2cccc(C(F)(F)F)c2)CC1. The lowest BCUT2D eigenvalue weighted by Crippen LogP contribution is -2.14. The molecule has 1 aliphatic heterocycles. The van der Waals surface area contributed by atoms with Crippen LogP contribution in [0.5, 0.6) is 0 Å². The van der Waals surface area contributed by atoms with Crippen LogP contribution in [-0.4, -0.2) is 17.4 Å². The van der Waals surface area contributed by atoms with Crippen LogP contribution < -0.4 is 5.73 Å². The lowest BCUT2D eigenvalue weighted by molar-refractivity contribution is -0.137. The zero-order valence-electron chi connectivity index (χ0n) is 9.04. The fourth-order valence-electron chi connectivity index (χ4n) is 1.70. The van der Waals surface area contributed by atoms with E-state index in [9.17, 15) is 13.2 Å². The Kier molecular flexibility index (Phi) is 2.95. The van der Waals surface area contributed by atoms with E-state index in [1.807, 2.05) is 0 Å². The minimum Gasteiger partial charge on any atom is -0.386 e. The Morgan fingerprint density at radius 2 is 2.12 bits per heavy atom. The maximum absolute atomic E-state index is 12.5. The molecule has 3 nitrogen and oxygen atoms in total. The van der Waals surface area contributed by atoms with Gasteiger partial charge in [0.05, 0.1) is 12.1 Å². The first-order valence-corrected chi connectivity index (χ1v) is 5.19. The second kappa shape index (κ2) is 4.27. The van der Waals surface area contributed by atoms with Crippen molar-refractivity contribution in [1.82, 2.24) is 5.01 Å². The lowest BCUT2D eigenvalue weighted by atomic mass is 10.1. The van der Waals surface area contributed by atoms with Crippen molar-refractivity contribution in [2.75, 3.05) is 6.54 Å². The standard InChI is InChI=1S/C11H12F3N3/c12-11(13,14)9-3-1-2-8(6-9)7-17-5-4-10(15)16-17/h1-3,6H,4-5,7H2,(H2,15,16). The summed E-state index contributed by atoms with van der Waals surface area (Å²) in [6.45, 7) is 1.01. The Bertz CT molecular complexity index is 440. The number of hydrogen-bond donors (Lipinski definition) is 1. The molecule has 0 saturated carbocycles. The largest absolute Gasteiger partial charge is 0.416 e. The molecular weight excluding hydrogens is 231 g/mol. The average molecular weight is 243 g/mol. The van der Waals surface area contributed by atoms with Crippen LogP contribution in [-0.2, 0) is 12.7 Å². The molecular formula is C11H12F3N3. The number of nitrogens with zero attached hydrogens (tertiary/aromatic N) is 2. The number of hydrazone groups is 1. The molecule has 0 bridgehead atoms. The first kappa shape index (κ1) is 11.8. The van der Waals surface area contributed by atoms with E-state index in [0.29, 0.717) is 30.9 Å². The average Bonchev–Trinajstić information content (AvgIpc) is 2.63. The smallest absolute Gasteiger partial charge is 0.386 e. The molecule has 0 unspecified atom stereocenters. The van der Waals surface area contributed by atoms with Crippen LogP contribution in [0.2, 0.25) is 0 Å². The predicted molar refractivity (Wildman–Crippen MR) is 58.1 cm³/mol. The molecule has 0 radical (unpaired) electrons. The molecule has 2 rings (SSSR count). The predicted octanol–water partition coefficient (Wildman–Crippen LogP) is 2.18. The van der Waals surface area contributed by atoms with E-state index in [-0.39, 0.29) is 0 Å². The van der Waals surface area contributed by atoms with Gasteiger partial charge in [-0.25, -0.2) is 0 Å². The van der Waals surface area contributed by atoms with E-state index in [0.717, 1.165) is 12.1 Å². The third-order valence-electron chi connectivity index (χ3n) is 2.52. The van der Waals surface area contributed by atoms with Crippen LogP contribution in [0.1, 0.15) is 17.5 Å². The second-order valence-corrected chi connectivity index (χ2v) is 3.93. The molecule has 1 aromatic rings. The molecule has 0 spiro atoms. The van der Waals surface area contributed by atoms with Crippen molar-refractivity contribution in [3.05, 3.63) is 35.4 Å². The number of rotatable bonds is 2. The van der Waals surface area contributed by atoms with Gasteiger partial charge < -0.3 is 5.73 Å². The van der Waals surface area contributed by atoms with E-state index in [1.165, 1.54) is 6.07 Å². The maximum atomic E-state index is 12.5. The van der Waals surface area contributed by atoms with Gasteiger partial charge in [-0.3, -0.25) is 5.01 Å². The fourth-order valence-corrected chi connectivity index (χ4v) is 1.70. The number of alkyl halides is 3. The monoisotopic (exact) mass is 243 g/mol. The Balaban J connectivity index is 2.12. The first-order chi connectivity index (χ1) is 7.95. The van der Waals surface area contributed by atoms with Crippen LogP contribution in [0.3, 0.4) is 0 Å². The van der Waals surface area contributed by atoms with Gasteiger partial charge in [0, 0.05) is 13.0 Å². The topological polar surface area (TPSA) is 41.6 Å². The molecule has 0 aromatic heterocycles. The van der Waals surface area contributed by atoms with Crippen LogP contribution in [0, 0.1) is 0 Å². The molecule has 0 fully saturated rings. The molecule has 1 aromatic carbocycles. The van der Waals surface area contributed by atoms with Gasteiger partial charge in [-0.2, -0.15) is 18.3 Å². The Morgan fingerprint density at radius 1 is 1.35 bits per heavy atom. The highest BCUT2D eigenvalue weighted by Gasteiger charge is 2.30. The van der Waals surface area contributed by atoms with E-state index in [2.05, 4.69) is 5.10 Å². The van der Waals surface area contributed by atoms with Gasteiger partial charge in [0.15, 0.2) is 0 Å². The van der Waals surface area contributed by atoms with Crippen LogP contribution in [0.25, 0.3) is 0 Å². The normalized spacial score (nSPS) is 16.2. The second-order valence-electron chi connectivity index (χ2n) is 3.93. The summed E-state index contributed by atoms with van der Waals surface area (Å²) < 4.78 is 37.4. The van der Waals surface area contributed by atoms with Gasteiger partial charge in [-0.05, 0) is 17.7 Å². The molecule has 0 amide bonds. The summed E-state index contributed by atoms with van der Waals surface area (Å²) in [7, 11) is 0. The Morgan fingerprint density at radius 3 is 2.71 bits per heavy atom.